The van der Waals surface area contributed by atoms with Gasteiger partial charge in [-0.2, -0.15) is 0 Å². The van der Waals surface area contributed by atoms with E-state index in [4.69, 9.17) is 19.7 Å². The van der Waals surface area contributed by atoms with Gasteiger partial charge in [0, 0.05) is 18.2 Å². The van der Waals surface area contributed by atoms with E-state index >= 15 is 0 Å². The molecule has 1 aliphatic heterocycles. The number of anilines is 1. The van der Waals surface area contributed by atoms with Crippen LogP contribution in [0.4, 0.5) is 5.88 Å². The molecule has 1 aliphatic rings. The molecular formula is C14H16N2O3. The largest absolute Gasteiger partial charge is 0.488 e. The molecule has 0 aliphatic carbocycles. The Morgan fingerprint density at radius 2 is 2.26 bits per heavy atom. The molecule has 5 nitrogen and oxygen atoms in total. The maximum atomic E-state index is 5.91. The number of aromatic nitrogens is 1. The van der Waals surface area contributed by atoms with E-state index in [-0.39, 0.29) is 6.10 Å². The van der Waals surface area contributed by atoms with Gasteiger partial charge in [0.1, 0.15) is 17.5 Å². The predicted octanol–water partition coefficient (Wildman–Crippen LogP) is 2.48. The summed E-state index contributed by atoms with van der Waals surface area (Å²) in [4.78, 5) is 0. The second-order valence-corrected chi connectivity index (χ2v) is 4.60. The van der Waals surface area contributed by atoms with Crippen molar-refractivity contribution < 1.29 is 14.0 Å². The van der Waals surface area contributed by atoms with Gasteiger partial charge in [-0.15, -0.1) is 0 Å². The first-order valence-electron chi connectivity index (χ1n) is 6.38. The molecule has 1 fully saturated rings. The van der Waals surface area contributed by atoms with Crippen LogP contribution in [0, 0.1) is 0 Å². The van der Waals surface area contributed by atoms with Crippen molar-refractivity contribution in [3.05, 3.63) is 30.3 Å². The van der Waals surface area contributed by atoms with Gasteiger partial charge in [0.25, 0.3) is 0 Å². The maximum absolute atomic E-state index is 5.91. The summed E-state index contributed by atoms with van der Waals surface area (Å²) < 4.78 is 16.2. The summed E-state index contributed by atoms with van der Waals surface area (Å²) in [7, 11) is 0. The molecule has 0 radical (unpaired) electrons. The Morgan fingerprint density at radius 1 is 1.32 bits per heavy atom. The van der Waals surface area contributed by atoms with E-state index < -0.39 is 0 Å². The molecule has 1 unspecified atom stereocenters. The van der Waals surface area contributed by atoms with Crippen molar-refractivity contribution in [3.63, 3.8) is 0 Å². The third kappa shape index (κ3) is 2.88. The van der Waals surface area contributed by atoms with E-state index in [0.29, 0.717) is 18.2 Å². The zero-order chi connectivity index (χ0) is 13.1. The number of nitrogens with two attached hydrogens (primary N) is 1. The normalized spacial score (nSPS) is 19.3. The summed E-state index contributed by atoms with van der Waals surface area (Å²) >= 11 is 0. The minimum atomic E-state index is 0.131. The number of rotatable bonds is 3. The molecule has 0 spiro atoms. The van der Waals surface area contributed by atoms with Gasteiger partial charge < -0.3 is 19.7 Å². The van der Waals surface area contributed by atoms with Crippen LogP contribution in [-0.2, 0) is 4.74 Å². The molecule has 19 heavy (non-hydrogen) atoms. The second kappa shape index (κ2) is 5.32. The second-order valence-electron chi connectivity index (χ2n) is 4.60. The van der Waals surface area contributed by atoms with Crippen molar-refractivity contribution in [3.8, 4) is 17.0 Å². The van der Waals surface area contributed by atoms with Crippen LogP contribution in [0.1, 0.15) is 12.8 Å². The molecule has 100 valence electrons. The molecule has 5 heteroatoms. The van der Waals surface area contributed by atoms with Gasteiger partial charge >= 0.3 is 0 Å². The molecule has 0 bridgehead atoms. The van der Waals surface area contributed by atoms with Crippen molar-refractivity contribution in [2.75, 3.05) is 18.9 Å². The maximum Gasteiger partial charge on any atom is 0.222 e. The van der Waals surface area contributed by atoms with Gasteiger partial charge in [-0.05, 0) is 25.0 Å². The fourth-order valence-corrected chi connectivity index (χ4v) is 2.15. The van der Waals surface area contributed by atoms with Crippen LogP contribution in [0.2, 0.25) is 0 Å². The molecule has 2 N–H and O–H groups in total. The Labute approximate surface area is 111 Å². The van der Waals surface area contributed by atoms with E-state index in [1.54, 1.807) is 6.07 Å². The molecule has 2 heterocycles. The molecule has 0 amide bonds. The quantitative estimate of drug-likeness (QED) is 0.918. The lowest BCUT2D eigenvalue weighted by atomic mass is 10.1. The van der Waals surface area contributed by atoms with Crippen molar-refractivity contribution in [1.82, 2.24) is 5.16 Å². The van der Waals surface area contributed by atoms with Gasteiger partial charge in [-0.1, -0.05) is 17.3 Å². The SMILES string of the molecule is Nc1cc(-c2cccc(OC3CCCOC3)c2)no1. The summed E-state index contributed by atoms with van der Waals surface area (Å²) in [5, 5.41) is 3.89. The van der Waals surface area contributed by atoms with Crippen molar-refractivity contribution in [2.45, 2.75) is 18.9 Å². The monoisotopic (exact) mass is 260 g/mol. The molecular weight excluding hydrogens is 244 g/mol. The standard InChI is InChI=1S/C14H16N2O3/c15-14-8-13(16-19-14)10-3-1-4-11(7-10)18-12-5-2-6-17-9-12/h1,3-4,7-8,12H,2,5-6,9,15H2. The van der Waals surface area contributed by atoms with E-state index in [1.165, 1.54) is 0 Å². The van der Waals surface area contributed by atoms with Crippen LogP contribution < -0.4 is 10.5 Å². The molecule has 2 aromatic rings. The lowest BCUT2D eigenvalue weighted by Gasteiger charge is -2.23. The first kappa shape index (κ1) is 12.0. The van der Waals surface area contributed by atoms with Gasteiger partial charge in [-0.25, -0.2) is 0 Å². The summed E-state index contributed by atoms with van der Waals surface area (Å²) in [6, 6.07) is 9.44. The summed E-state index contributed by atoms with van der Waals surface area (Å²) in [6.07, 6.45) is 2.21. The first-order chi connectivity index (χ1) is 9.31. The van der Waals surface area contributed by atoms with E-state index in [2.05, 4.69) is 5.16 Å². The number of nitrogen functional groups attached to an aromatic ring is 1. The average molecular weight is 260 g/mol. The van der Waals surface area contributed by atoms with Gasteiger partial charge in [0.15, 0.2) is 0 Å². The van der Waals surface area contributed by atoms with Gasteiger partial charge in [0.05, 0.1) is 6.61 Å². The van der Waals surface area contributed by atoms with Crippen LogP contribution in [-0.4, -0.2) is 24.5 Å². The number of benzene rings is 1. The Balaban J connectivity index is 1.75. The highest BCUT2D eigenvalue weighted by Crippen LogP contribution is 2.25. The van der Waals surface area contributed by atoms with Crippen LogP contribution in [0.25, 0.3) is 11.3 Å². The van der Waals surface area contributed by atoms with Crippen LogP contribution in [0.15, 0.2) is 34.9 Å². The molecule has 1 saturated heterocycles. The van der Waals surface area contributed by atoms with Gasteiger partial charge in [-0.3, -0.25) is 0 Å². The fraction of sp³-hybridized carbons (Fsp3) is 0.357. The number of hydrogen-bond donors (Lipinski definition) is 1. The van der Waals surface area contributed by atoms with Crippen LogP contribution in [0.5, 0.6) is 5.75 Å². The Morgan fingerprint density at radius 3 is 3.00 bits per heavy atom. The zero-order valence-corrected chi connectivity index (χ0v) is 10.5. The third-order valence-corrected chi connectivity index (χ3v) is 3.08. The van der Waals surface area contributed by atoms with Crippen molar-refractivity contribution in [1.29, 1.82) is 0 Å². The van der Waals surface area contributed by atoms with E-state index in [9.17, 15) is 0 Å². The summed E-state index contributed by atoms with van der Waals surface area (Å²) in [6.45, 7) is 1.49. The first-order valence-corrected chi connectivity index (χ1v) is 6.38. The van der Waals surface area contributed by atoms with Crippen LogP contribution >= 0.6 is 0 Å². The Kier molecular flexibility index (Phi) is 3.37. The highest BCUT2D eigenvalue weighted by Gasteiger charge is 2.15. The number of hydrogen-bond acceptors (Lipinski definition) is 5. The predicted molar refractivity (Wildman–Crippen MR) is 70.8 cm³/mol. The summed E-state index contributed by atoms with van der Waals surface area (Å²) in [5.41, 5.74) is 7.16. The fourth-order valence-electron chi connectivity index (χ4n) is 2.15. The zero-order valence-electron chi connectivity index (χ0n) is 10.5. The topological polar surface area (TPSA) is 70.5 Å². The number of nitrogens with zero attached hydrogens (tertiary/aromatic N) is 1. The minimum absolute atomic E-state index is 0.131. The summed E-state index contributed by atoms with van der Waals surface area (Å²) in [5.74, 6) is 1.12. The van der Waals surface area contributed by atoms with Crippen molar-refractivity contribution >= 4 is 5.88 Å². The van der Waals surface area contributed by atoms with Crippen molar-refractivity contribution in [2.24, 2.45) is 0 Å². The molecule has 3 rings (SSSR count). The Bertz CT molecular complexity index is 547. The molecule has 1 aromatic carbocycles. The highest BCUT2D eigenvalue weighted by molar-refractivity contribution is 5.62. The average Bonchev–Trinajstić information content (AvgIpc) is 2.87. The molecule has 1 atom stereocenters. The lowest BCUT2D eigenvalue weighted by Crippen LogP contribution is -2.27. The third-order valence-electron chi connectivity index (χ3n) is 3.08. The molecule has 0 saturated carbocycles. The highest BCUT2D eigenvalue weighted by atomic mass is 16.5. The van der Waals surface area contributed by atoms with E-state index in [0.717, 1.165) is 30.8 Å². The van der Waals surface area contributed by atoms with Gasteiger partial charge in [0.2, 0.25) is 5.88 Å². The smallest absolute Gasteiger partial charge is 0.222 e. The lowest BCUT2D eigenvalue weighted by molar-refractivity contribution is 0.00745. The van der Waals surface area contributed by atoms with E-state index in [1.807, 2.05) is 24.3 Å². The minimum Gasteiger partial charge on any atom is -0.488 e. The number of ether oxygens (including phenoxy) is 2. The van der Waals surface area contributed by atoms with Crippen LogP contribution in [0.3, 0.4) is 0 Å². The Hall–Kier alpha value is -2.01. The molecule has 1 aromatic heterocycles.